The third-order valence-electron chi connectivity index (χ3n) is 2.51. The number of hydrogen-bond donors (Lipinski definition) is 1. The molecule has 1 rings (SSSR count). The van der Waals surface area contributed by atoms with Crippen LogP contribution in [0.15, 0.2) is 0 Å². The Bertz CT molecular complexity index is 500. The van der Waals surface area contributed by atoms with Crippen LogP contribution in [0.1, 0.15) is 37.3 Å². The summed E-state index contributed by atoms with van der Waals surface area (Å²) in [5.74, 6) is -1.28. The van der Waals surface area contributed by atoms with Gasteiger partial charge in [0.2, 0.25) is 5.69 Å². The summed E-state index contributed by atoms with van der Waals surface area (Å²) in [4.78, 5) is 23.5. The van der Waals surface area contributed by atoms with Gasteiger partial charge in [0, 0.05) is 7.11 Å². The van der Waals surface area contributed by atoms with E-state index in [1.807, 2.05) is 0 Å². The number of hydrogen-bond acceptors (Lipinski definition) is 8. The average Bonchev–Trinajstić information content (AvgIpc) is 2.79. The molecule has 0 aliphatic heterocycles. The van der Waals surface area contributed by atoms with Crippen molar-refractivity contribution in [3.05, 3.63) is 5.69 Å². The standard InChI is InChI=1S/C12H20N4O5/c1-7(2)21-12(18)9-10(13)16(15-14-9)8(3)11(17)20-6-5-19-4/h7-8H,5-6,13H2,1-4H3. The summed E-state index contributed by atoms with van der Waals surface area (Å²) >= 11 is 0. The van der Waals surface area contributed by atoms with Gasteiger partial charge < -0.3 is 19.9 Å². The van der Waals surface area contributed by atoms with E-state index in [0.29, 0.717) is 0 Å². The largest absolute Gasteiger partial charge is 0.462 e. The SMILES string of the molecule is COCCOC(=O)C(C)n1nnc(C(=O)OC(C)C)c1N. The van der Waals surface area contributed by atoms with Gasteiger partial charge in [-0.3, -0.25) is 0 Å². The zero-order valence-electron chi connectivity index (χ0n) is 12.5. The summed E-state index contributed by atoms with van der Waals surface area (Å²) < 4.78 is 15.8. The van der Waals surface area contributed by atoms with Crippen LogP contribution in [0.2, 0.25) is 0 Å². The molecule has 1 atom stereocenters. The van der Waals surface area contributed by atoms with Crippen LogP contribution in [0, 0.1) is 0 Å². The molecule has 0 fully saturated rings. The second-order valence-electron chi connectivity index (χ2n) is 4.56. The van der Waals surface area contributed by atoms with Gasteiger partial charge in [0.25, 0.3) is 0 Å². The van der Waals surface area contributed by atoms with E-state index in [2.05, 4.69) is 10.3 Å². The highest BCUT2D eigenvalue weighted by atomic mass is 16.6. The van der Waals surface area contributed by atoms with Crippen molar-refractivity contribution in [1.82, 2.24) is 15.0 Å². The molecule has 0 aliphatic carbocycles. The van der Waals surface area contributed by atoms with E-state index in [1.165, 1.54) is 14.0 Å². The molecule has 1 aromatic rings. The highest BCUT2D eigenvalue weighted by molar-refractivity contribution is 5.92. The fourth-order valence-corrected chi connectivity index (χ4v) is 1.45. The number of aromatic nitrogens is 3. The minimum Gasteiger partial charge on any atom is -0.462 e. The predicted octanol–water partition coefficient (Wildman–Crippen LogP) is 0.176. The van der Waals surface area contributed by atoms with Crippen LogP contribution in [-0.4, -0.2) is 53.4 Å². The average molecular weight is 300 g/mol. The lowest BCUT2D eigenvalue weighted by Gasteiger charge is -2.12. The Morgan fingerprint density at radius 2 is 1.95 bits per heavy atom. The molecular weight excluding hydrogens is 280 g/mol. The Morgan fingerprint density at radius 3 is 2.52 bits per heavy atom. The van der Waals surface area contributed by atoms with Crippen molar-refractivity contribution in [1.29, 1.82) is 0 Å². The van der Waals surface area contributed by atoms with Crippen LogP contribution in [0.25, 0.3) is 0 Å². The maximum absolute atomic E-state index is 11.8. The molecule has 9 heteroatoms. The molecular formula is C12H20N4O5. The lowest BCUT2D eigenvalue weighted by Crippen LogP contribution is -2.23. The molecule has 9 nitrogen and oxygen atoms in total. The highest BCUT2D eigenvalue weighted by Gasteiger charge is 2.26. The molecule has 1 aromatic heterocycles. The summed E-state index contributed by atoms with van der Waals surface area (Å²) in [7, 11) is 1.50. The Hall–Kier alpha value is -2.16. The molecule has 0 saturated carbocycles. The van der Waals surface area contributed by atoms with Gasteiger partial charge in [-0.1, -0.05) is 5.21 Å². The first kappa shape index (κ1) is 16.9. The number of anilines is 1. The van der Waals surface area contributed by atoms with Crippen molar-refractivity contribution in [3.8, 4) is 0 Å². The van der Waals surface area contributed by atoms with Crippen LogP contribution in [0.3, 0.4) is 0 Å². The molecule has 1 heterocycles. The number of nitrogen functional groups attached to an aromatic ring is 1. The highest BCUT2D eigenvalue weighted by Crippen LogP contribution is 2.16. The Labute approximate surface area is 122 Å². The van der Waals surface area contributed by atoms with Crippen molar-refractivity contribution in [2.24, 2.45) is 0 Å². The summed E-state index contributed by atoms with van der Waals surface area (Å²) in [5.41, 5.74) is 5.65. The molecule has 0 aliphatic rings. The van der Waals surface area contributed by atoms with E-state index >= 15 is 0 Å². The van der Waals surface area contributed by atoms with Crippen LogP contribution in [-0.2, 0) is 19.0 Å². The first-order chi connectivity index (χ1) is 9.88. The monoisotopic (exact) mass is 300 g/mol. The topological polar surface area (TPSA) is 119 Å². The zero-order chi connectivity index (χ0) is 16.0. The maximum Gasteiger partial charge on any atom is 0.363 e. The zero-order valence-corrected chi connectivity index (χ0v) is 12.5. The maximum atomic E-state index is 11.8. The molecule has 0 radical (unpaired) electrons. The van der Waals surface area contributed by atoms with E-state index < -0.39 is 18.0 Å². The molecule has 0 saturated heterocycles. The van der Waals surface area contributed by atoms with Gasteiger partial charge in [0.15, 0.2) is 11.9 Å². The van der Waals surface area contributed by atoms with E-state index in [9.17, 15) is 9.59 Å². The van der Waals surface area contributed by atoms with Crippen LogP contribution in [0.5, 0.6) is 0 Å². The number of methoxy groups -OCH3 is 1. The van der Waals surface area contributed by atoms with Crippen molar-refractivity contribution in [2.45, 2.75) is 32.9 Å². The Morgan fingerprint density at radius 1 is 1.29 bits per heavy atom. The Kier molecular flexibility index (Phi) is 6.10. The van der Waals surface area contributed by atoms with Gasteiger partial charge in [-0.2, -0.15) is 0 Å². The predicted molar refractivity (Wildman–Crippen MR) is 72.5 cm³/mol. The fraction of sp³-hybridized carbons (Fsp3) is 0.667. The molecule has 0 bridgehead atoms. The second-order valence-corrected chi connectivity index (χ2v) is 4.56. The molecule has 0 aromatic carbocycles. The van der Waals surface area contributed by atoms with E-state index in [-0.39, 0.29) is 30.8 Å². The minimum atomic E-state index is -0.810. The van der Waals surface area contributed by atoms with Crippen molar-refractivity contribution in [3.63, 3.8) is 0 Å². The summed E-state index contributed by atoms with van der Waals surface area (Å²) in [6, 6.07) is -0.810. The number of carbonyl (C=O) groups is 2. The molecule has 118 valence electrons. The van der Waals surface area contributed by atoms with Crippen LogP contribution < -0.4 is 5.73 Å². The molecule has 0 amide bonds. The quantitative estimate of drug-likeness (QED) is 0.559. The number of nitrogens with zero attached hydrogens (tertiary/aromatic N) is 3. The van der Waals surface area contributed by atoms with Gasteiger partial charge in [-0.25, -0.2) is 14.3 Å². The smallest absolute Gasteiger partial charge is 0.363 e. The summed E-state index contributed by atoms with van der Waals surface area (Å²) in [6.45, 7) is 5.36. The van der Waals surface area contributed by atoms with Crippen LogP contribution >= 0.6 is 0 Å². The third-order valence-corrected chi connectivity index (χ3v) is 2.51. The fourth-order valence-electron chi connectivity index (χ4n) is 1.45. The van der Waals surface area contributed by atoms with E-state index in [0.717, 1.165) is 4.68 Å². The number of nitrogens with two attached hydrogens (primary N) is 1. The normalized spacial score (nSPS) is 12.2. The van der Waals surface area contributed by atoms with Gasteiger partial charge in [-0.05, 0) is 20.8 Å². The number of rotatable bonds is 7. The first-order valence-corrected chi connectivity index (χ1v) is 6.45. The number of ether oxygens (including phenoxy) is 3. The minimum absolute atomic E-state index is 0.0446. The van der Waals surface area contributed by atoms with Crippen molar-refractivity contribution < 1.29 is 23.8 Å². The molecule has 2 N–H and O–H groups in total. The van der Waals surface area contributed by atoms with Crippen molar-refractivity contribution >= 4 is 17.8 Å². The van der Waals surface area contributed by atoms with Crippen LogP contribution in [0.4, 0.5) is 5.82 Å². The molecule has 21 heavy (non-hydrogen) atoms. The summed E-state index contributed by atoms with van der Waals surface area (Å²) in [5, 5.41) is 7.35. The first-order valence-electron chi connectivity index (χ1n) is 6.45. The number of esters is 2. The molecule has 0 spiro atoms. The van der Waals surface area contributed by atoms with Gasteiger partial charge in [0.05, 0.1) is 12.7 Å². The van der Waals surface area contributed by atoms with Gasteiger partial charge in [0.1, 0.15) is 6.61 Å². The van der Waals surface area contributed by atoms with E-state index in [1.54, 1.807) is 13.8 Å². The number of carbonyl (C=O) groups excluding carboxylic acids is 2. The van der Waals surface area contributed by atoms with E-state index in [4.69, 9.17) is 19.9 Å². The molecule has 1 unspecified atom stereocenters. The van der Waals surface area contributed by atoms with Gasteiger partial charge >= 0.3 is 11.9 Å². The lowest BCUT2D eigenvalue weighted by molar-refractivity contribution is -0.148. The summed E-state index contributed by atoms with van der Waals surface area (Å²) in [6.07, 6.45) is -0.307. The second kappa shape index (κ2) is 7.58. The lowest BCUT2D eigenvalue weighted by atomic mass is 10.3. The third kappa shape index (κ3) is 4.42. The van der Waals surface area contributed by atoms with Gasteiger partial charge in [-0.15, -0.1) is 5.10 Å². The van der Waals surface area contributed by atoms with Crippen molar-refractivity contribution in [2.75, 3.05) is 26.1 Å². The Balaban J connectivity index is 2.78.